The highest BCUT2D eigenvalue weighted by atomic mass is 35.5. The van der Waals surface area contributed by atoms with Crippen molar-refractivity contribution in [2.24, 2.45) is 0 Å². The number of alkyl halides is 3. The molecule has 0 fully saturated rings. The van der Waals surface area contributed by atoms with Gasteiger partial charge in [-0.2, -0.15) is 13.2 Å². The van der Waals surface area contributed by atoms with Crippen LogP contribution in [0.2, 0.25) is 5.02 Å². The van der Waals surface area contributed by atoms with E-state index in [1.165, 1.54) is 12.1 Å². The molecule has 3 N–H and O–H groups in total. The Bertz CT molecular complexity index is 1150. The number of nitrogens with zero attached hydrogens (tertiary/aromatic N) is 1. The molecule has 4 amide bonds. The minimum absolute atomic E-state index is 0.0238. The summed E-state index contributed by atoms with van der Waals surface area (Å²) in [5, 5.41) is 8.30. The maximum atomic E-state index is 13.2. The number of nitrogens with one attached hydrogen (secondary N) is 3. The van der Waals surface area contributed by atoms with Gasteiger partial charge in [0.25, 0.3) is 0 Å². The SMILES string of the molecule is Cc1ccc(NC(=O)N(CCNC(=O)Nc2cccc(Cl)c2)c2cccc(C(F)(F)F)c2)cc1. The quantitative estimate of drug-likeness (QED) is 0.367. The fraction of sp³-hybridized carbons (Fsp3) is 0.167. The normalized spacial score (nSPS) is 11.0. The van der Waals surface area contributed by atoms with Crippen molar-refractivity contribution in [3.05, 3.63) is 88.9 Å². The molecule has 0 aliphatic heterocycles. The predicted molar refractivity (Wildman–Crippen MR) is 127 cm³/mol. The average Bonchev–Trinajstić information content (AvgIpc) is 2.78. The standard InChI is InChI=1S/C24H22ClF3N4O2/c1-16-8-10-19(11-9-16)31-23(34)32(21-7-2-4-17(14-21)24(26,27)28)13-12-29-22(33)30-20-6-3-5-18(25)15-20/h2-11,14-15H,12-13H2,1H3,(H,31,34)(H2,29,30,33). The third-order valence-corrected chi connectivity index (χ3v) is 4.97. The number of benzene rings is 3. The van der Waals surface area contributed by atoms with E-state index in [2.05, 4.69) is 16.0 Å². The van der Waals surface area contributed by atoms with Gasteiger partial charge in [-0.3, -0.25) is 4.90 Å². The highest BCUT2D eigenvalue weighted by Gasteiger charge is 2.31. The molecular formula is C24H22ClF3N4O2. The predicted octanol–water partition coefficient (Wildman–Crippen LogP) is 6.53. The Morgan fingerprint density at radius 2 is 1.62 bits per heavy atom. The summed E-state index contributed by atoms with van der Waals surface area (Å²) in [6.45, 7) is 1.78. The third kappa shape index (κ3) is 7.14. The molecule has 0 saturated heterocycles. The van der Waals surface area contributed by atoms with Crippen LogP contribution in [0.4, 0.5) is 39.8 Å². The topological polar surface area (TPSA) is 73.5 Å². The number of anilines is 3. The second kappa shape index (κ2) is 10.9. The Hall–Kier alpha value is -3.72. The Balaban J connectivity index is 1.72. The number of hydrogen-bond acceptors (Lipinski definition) is 2. The van der Waals surface area contributed by atoms with Crippen molar-refractivity contribution in [2.75, 3.05) is 28.6 Å². The van der Waals surface area contributed by atoms with Gasteiger partial charge in [-0.15, -0.1) is 0 Å². The van der Waals surface area contributed by atoms with Crippen LogP contribution in [0.1, 0.15) is 11.1 Å². The van der Waals surface area contributed by atoms with Crippen LogP contribution in [0.15, 0.2) is 72.8 Å². The summed E-state index contributed by atoms with van der Waals surface area (Å²) in [6, 6.07) is 16.8. The lowest BCUT2D eigenvalue weighted by Gasteiger charge is -2.24. The molecule has 0 spiro atoms. The molecule has 3 rings (SSSR count). The summed E-state index contributed by atoms with van der Waals surface area (Å²) in [4.78, 5) is 26.3. The smallest absolute Gasteiger partial charge is 0.336 e. The van der Waals surface area contributed by atoms with E-state index in [1.807, 2.05) is 6.92 Å². The van der Waals surface area contributed by atoms with Crippen LogP contribution in [0.25, 0.3) is 0 Å². The molecule has 0 unspecified atom stereocenters. The first kappa shape index (κ1) is 24.9. The molecular weight excluding hydrogens is 469 g/mol. The van der Waals surface area contributed by atoms with Crippen molar-refractivity contribution in [3.63, 3.8) is 0 Å². The van der Waals surface area contributed by atoms with E-state index in [4.69, 9.17) is 11.6 Å². The number of aryl methyl sites for hydroxylation is 1. The summed E-state index contributed by atoms with van der Waals surface area (Å²) in [5.41, 5.74) is 1.10. The van der Waals surface area contributed by atoms with Crippen molar-refractivity contribution in [1.29, 1.82) is 0 Å². The zero-order valence-corrected chi connectivity index (χ0v) is 18.9. The van der Waals surface area contributed by atoms with Crippen LogP contribution in [-0.2, 0) is 6.18 Å². The van der Waals surface area contributed by atoms with Gasteiger partial charge >= 0.3 is 18.2 Å². The van der Waals surface area contributed by atoms with E-state index >= 15 is 0 Å². The Labute approximate surface area is 199 Å². The first-order valence-corrected chi connectivity index (χ1v) is 10.6. The Morgan fingerprint density at radius 1 is 0.912 bits per heavy atom. The fourth-order valence-electron chi connectivity index (χ4n) is 3.05. The number of halogens is 4. The zero-order valence-electron chi connectivity index (χ0n) is 18.1. The molecule has 3 aromatic rings. The van der Waals surface area contributed by atoms with Gasteiger partial charge in [-0.25, -0.2) is 9.59 Å². The molecule has 0 heterocycles. The molecule has 0 radical (unpaired) electrons. The number of carbonyl (C=O) groups excluding carboxylic acids is 2. The maximum absolute atomic E-state index is 13.2. The van der Waals surface area contributed by atoms with Crippen LogP contribution in [0.3, 0.4) is 0 Å². The molecule has 0 aliphatic carbocycles. The number of amides is 4. The van der Waals surface area contributed by atoms with Crippen LogP contribution < -0.4 is 20.9 Å². The van der Waals surface area contributed by atoms with Crippen molar-refractivity contribution in [1.82, 2.24) is 5.32 Å². The first-order valence-electron chi connectivity index (χ1n) is 10.2. The largest absolute Gasteiger partial charge is 0.416 e. The average molecular weight is 491 g/mol. The first-order chi connectivity index (χ1) is 16.1. The number of urea groups is 2. The molecule has 178 valence electrons. The van der Waals surface area contributed by atoms with Gasteiger partial charge in [0, 0.05) is 35.2 Å². The van der Waals surface area contributed by atoms with Gasteiger partial charge < -0.3 is 16.0 Å². The summed E-state index contributed by atoms with van der Waals surface area (Å²) in [7, 11) is 0. The molecule has 0 bridgehead atoms. The van der Waals surface area contributed by atoms with Gasteiger partial charge in [0.15, 0.2) is 0 Å². The summed E-state index contributed by atoms with van der Waals surface area (Å²) >= 11 is 5.89. The van der Waals surface area contributed by atoms with Gasteiger partial charge in [0.05, 0.1) is 5.56 Å². The number of carbonyl (C=O) groups is 2. The minimum atomic E-state index is -4.57. The summed E-state index contributed by atoms with van der Waals surface area (Å²) in [5.74, 6) is 0. The lowest BCUT2D eigenvalue weighted by Crippen LogP contribution is -2.42. The van der Waals surface area contributed by atoms with E-state index in [0.717, 1.165) is 22.6 Å². The van der Waals surface area contributed by atoms with Gasteiger partial charge in [-0.1, -0.05) is 41.4 Å². The maximum Gasteiger partial charge on any atom is 0.416 e. The van der Waals surface area contributed by atoms with Gasteiger partial charge in [0.1, 0.15) is 0 Å². The molecule has 0 aliphatic rings. The van der Waals surface area contributed by atoms with E-state index in [-0.39, 0.29) is 18.8 Å². The van der Waals surface area contributed by atoms with Crippen LogP contribution in [0, 0.1) is 6.92 Å². The van der Waals surface area contributed by atoms with Crippen molar-refractivity contribution >= 4 is 40.7 Å². The van der Waals surface area contributed by atoms with E-state index in [1.54, 1.807) is 48.5 Å². The lowest BCUT2D eigenvalue weighted by molar-refractivity contribution is -0.137. The molecule has 10 heteroatoms. The molecule has 0 aromatic heterocycles. The number of hydrogen-bond donors (Lipinski definition) is 3. The van der Waals surface area contributed by atoms with E-state index in [9.17, 15) is 22.8 Å². The van der Waals surface area contributed by atoms with Gasteiger partial charge in [-0.05, 0) is 55.5 Å². The fourth-order valence-corrected chi connectivity index (χ4v) is 3.24. The summed E-state index contributed by atoms with van der Waals surface area (Å²) < 4.78 is 39.6. The Morgan fingerprint density at radius 3 is 2.29 bits per heavy atom. The van der Waals surface area contributed by atoms with Crippen molar-refractivity contribution < 1.29 is 22.8 Å². The summed E-state index contributed by atoms with van der Waals surface area (Å²) in [6.07, 6.45) is -4.57. The highest BCUT2D eigenvalue weighted by Crippen LogP contribution is 2.31. The third-order valence-electron chi connectivity index (χ3n) is 4.74. The van der Waals surface area contributed by atoms with Crippen LogP contribution in [-0.4, -0.2) is 25.2 Å². The molecule has 3 aromatic carbocycles. The lowest BCUT2D eigenvalue weighted by atomic mass is 10.2. The second-order valence-electron chi connectivity index (χ2n) is 7.39. The molecule has 0 atom stereocenters. The number of rotatable bonds is 6. The molecule has 6 nitrogen and oxygen atoms in total. The van der Waals surface area contributed by atoms with Crippen molar-refractivity contribution in [3.8, 4) is 0 Å². The molecule has 34 heavy (non-hydrogen) atoms. The van der Waals surface area contributed by atoms with E-state index in [0.29, 0.717) is 16.4 Å². The second-order valence-corrected chi connectivity index (χ2v) is 7.82. The monoisotopic (exact) mass is 490 g/mol. The highest BCUT2D eigenvalue weighted by molar-refractivity contribution is 6.30. The van der Waals surface area contributed by atoms with Crippen molar-refractivity contribution in [2.45, 2.75) is 13.1 Å². The van der Waals surface area contributed by atoms with Crippen LogP contribution >= 0.6 is 11.6 Å². The Kier molecular flexibility index (Phi) is 8.01. The molecule has 0 saturated carbocycles. The zero-order chi connectivity index (χ0) is 24.7. The van der Waals surface area contributed by atoms with Gasteiger partial charge in [0.2, 0.25) is 0 Å². The van der Waals surface area contributed by atoms with E-state index < -0.39 is 23.8 Å². The van der Waals surface area contributed by atoms with Crippen LogP contribution in [0.5, 0.6) is 0 Å². The minimum Gasteiger partial charge on any atom is -0.336 e.